The number of benzene rings is 1. The molecule has 0 saturated carbocycles. The Labute approximate surface area is 107 Å². The molecule has 0 atom stereocenters. The van der Waals surface area contributed by atoms with Crippen LogP contribution in [0.3, 0.4) is 0 Å². The summed E-state index contributed by atoms with van der Waals surface area (Å²) in [6.07, 6.45) is 1.79. The highest BCUT2D eigenvalue weighted by molar-refractivity contribution is 5.83. The first-order chi connectivity index (χ1) is 8.61. The molecule has 2 nitrogen and oxygen atoms in total. The molecule has 0 fully saturated rings. The molecule has 1 aromatic heterocycles. The van der Waals surface area contributed by atoms with Crippen LogP contribution in [0.2, 0.25) is 0 Å². The molecule has 0 spiro atoms. The fourth-order valence-corrected chi connectivity index (χ4v) is 2.15. The van der Waals surface area contributed by atoms with E-state index in [1.165, 1.54) is 23.5 Å². The molecule has 0 N–H and O–H groups in total. The van der Waals surface area contributed by atoms with Crippen LogP contribution in [0.5, 0.6) is 0 Å². The van der Waals surface area contributed by atoms with Gasteiger partial charge in [0.2, 0.25) is 0 Å². The second kappa shape index (κ2) is 5.17. The molecule has 1 aromatic carbocycles. The van der Waals surface area contributed by atoms with Crippen molar-refractivity contribution in [3.8, 4) is 0 Å². The molecule has 2 aromatic rings. The fourth-order valence-electron chi connectivity index (χ4n) is 2.15. The van der Waals surface area contributed by atoms with Crippen LogP contribution in [0.25, 0.3) is 0 Å². The molecule has 3 heteroatoms. The van der Waals surface area contributed by atoms with Gasteiger partial charge in [0, 0.05) is 29.7 Å². The van der Waals surface area contributed by atoms with Crippen molar-refractivity contribution in [3.05, 3.63) is 53.1 Å². The maximum Gasteiger partial charge on any atom is 0.125 e. The van der Waals surface area contributed by atoms with Gasteiger partial charge in [-0.3, -0.25) is 4.99 Å². The molecule has 0 bridgehead atoms. The average molecular weight is 244 g/mol. The van der Waals surface area contributed by atoms with Crippen LogP contribution >= 0.6 is 0 Å². The van der Waals surface area contributed by atoms with Gasteiger partial charge in [-0.05, 0) is 45.0 Å². The van der Waals surface area contributed by atoms with E-state index in [1.54, 1.807) is 18.3 Å². The van der Waals surface area contributed by atoms with Crippen molar-refractivity contribution in [3.63, 3.8) is 0 Å². The highest BCUT2D eigenvalue weighted by atomic mass is 19.1. The van der Waals surface area contributed by atoms with Crippen LogP contribution in [0.1, 0.15) is 23.9 Å². The number of halogens is 1. The van der Waals surface area contributed by atoms with E-state index in [4.69, 9.17) is 0 Å². The maximum absolute atomic E-state index is 13.0. The summed E-state index contributed by atoms with van der Waals surface area (Å²) in [7, 11) is 0. The summed E-state index contributed by atoms with van der Waals surface area (Å²) in [5.41, 5.74) is 4.13. The Morgan fingerprint density at radius 1 is 1.28 bits per heavy atom. The van der Waals surface area contributed by atoms with Crippen molar-refractivity contribution >= 4 is 11.9 Å². The van der Waals surface area contributed by atoms with E-state index in [0.29, 0.717) is 5.69 Å². The molecule has 0 radical (unpaired) electrons. The van der Waals surface area contributed by atoms with Gasteiger partial charge < -0.3 is 4.57 Å². The first kappa shape index (κ1) is 12.6. The van der Waals surface area contributed by atoms with Crippen molar-refractivity contribution in [2.24, 2.45) is 4.99 Å². The van der Waals surface area contributed by atoms with Gasteiger partial charge in [0.05, 0.1) is 5.69 Å². The van der Waals surface area contributed by atoms with Crippen molar-refractivity contribution in [1.82, 2.24) is 4.57 Å². The third kappa shape index (κ3) is 2.50. The molecule has 0 saturated heterocycles. The predicted molar refractivity (Wildman–Crippen MR) is 73.2 cm³/mol. The standard InChI is InChI=1S/C15H17FN2/c1-4-18-11(2)8-13(12(18)3)10-17-15-7-5-6-14(16)9-15/h5-10H,4H2,1-3H3. The van der Waals surface area contributed by atoms with Gasteiger partial charge in [0.25, 0.3) is 0 Å². The molecular formula is C15H17FN2. The quantitative estimate of drug-likeness (QED) is 0.726. The number of hydrogen-bond acceptors (Lipinski definition) is 1. The third-order valence-corrected chi connectivity index (χ3v) is 3.09. The highest BCUT2D eigenvalue weighted by Gasteiger charge is 2.05. The monoisotopic (exact) mass is 244 g/mol. The summed E-state index contributed by atoms with van der Waals surface area (Å²) in [6.45, 7) is 7.22. The zero-order valence-corrected chi connectivity index (χ0v) is 10.9. The zero-order valence-electron chi connectivity index (χ0n) is 10.9. The minimum absolute atomic E-state index is 0.260. The lowest BCUT2D eigenvalue weighted by Gasteiger charge is -2.04. The van der Waals surface area contributed by atoms with Gasteiger partial charge >= 0.3 is 0 Å². The lowest BCUT2D eigenvalue weighted by molar-refractivity contribution is 0.628. The lowest BCUT2D eigenvalue weighted by Crippen LogP contribution is -1.99. The summed E-state index contributed by atoms with van der Waals surface area (Å²) >= 11 is 0. The normalized spacial score (nSPS) is 11.3. The number of rotatable bonds is 3. The van der Waals surface area contributed by atoms with Gasteiger partial charge in [-0.15, -0.1) is 0 Å². The second-order valence-electron chi connectivity index (χ2n) is 4.31. The van der Waals surface area contributed by atoms with E-state index in [9.17, 15) is 4.39 Å². The Kier molecular flexibility index (Phi) is 3.60. The third-order valence-electron chi connectivity index (χ3n) is 3.09. The van der Waals surface area contributed by atoms with Crippen molar-refractivity contribution in [2.45, 2.75) is 27.3 Å². The molecular weight excluding hydrogens is 227 g/mol. The minimum atomic E-state index is -0.260. The molecule has 94 valence electrons. The van der Waals surface area contributed by atoms with Gasteiger partial charge in [0.15, 0.2) is 0 Å². The maximum atomic E-state index is 13.0. The number of aliphatic imine (C=N–C) groups is 1. The summed E-state index contributed by atoms with van der Waals surface area (Å²) in [5.74, 6) is -0.260. The van der Waals surface area contributed by atoms with Crippen LogP contribution in [-0.4, -0.2) is 10.8 Å². The summed E-state index contributed by atoms with van der Waals surface area (Å²) in [5, 5.41) is 0. The number of nitrogens with zero attached hydrogens (tertiary/aromatic N) is 2. The molecule has 0 aliphatic carbocycles. The smallest absolute Gasteiger partial charge is 0.125 e. The van der Waals surface area contributed by atoms with E-state index in [-0.39, 0.29) is 5.82 Å². The summed E-state index contributed by atoms with van der Waals surface area (Å²) < 4.78 is 15.2. The number of aryl methyl sites for hydroxylation is 1. The second-order valence-corrected chi connectivity index (χ2v) is 4.31. The molecule has 0 amide bonds. The average Bonchev–Trinajstić information content (AvgIpc) is 2.61. The van der Waals surface area contributed by atoms with Crippen LogP contribution in [0.4, 0.5) is 10.1 Å². The lowest BCUT2D eigenvalue weighted by atomic mass is 10.2. The first-order valence-electron chi connectivity index (χ1n) is 6.08. The van der Waals surface area contributed by atoms with Gasteiger partial charge in [-0.25, -0.2) is 4.39 Å². The zero-order chi connectivity index (χ0) is 13.1. The van der Waals surface area contributed by atoms with E-state index < -0.39 is 0 Å². The van der Waals surface area contributed by atoms with Crippen LogP contribution < -0.4 is 0 Å². The summed E-state index contributed by atoms with van der Waals surface area (Å²) in [4.78, 5) is 4.31. The van der Waals surface area contributed by atoms with Crippen molar-refractivity contribution in [2.75, 3.05) is 0 Å². The predicted octanol–water partition coefficient (Wildman–Crippen LogP) is 4.01. The molecule has 18 heavy (non-hydrogen) atoms. The van der Waals surface area contributed by atoms with Gasteiger partial charge in [0.1, 0.15) is 5.82 Å². The number of hydrogen-bond donors (Lipinski definition) is 0. The van der Waals surface area contributed by atoms with Crippen molar-refractivity contribution in [1.29, 1.82) is 0 Å². The Hall–Kier alpha value is -1.90. The topological polar surface area (TPSA) is 17.3 Å². The first-order valence-corrected chi connectivity index (χ1v) is 6.08. The van der Waals surface area contributed by atoms with E-state index in [0.717, 1.165) is 12.1 Å². The molecule has 1 heterocycles. The molecule has 0 aliphatic heterocycles. The molecule has 0 unspecified atom stereocenters. The van der Waals surface area contributed by atoms with Crippen LogP contribution in [-0.2, 0) is 6.54 Å². The van der Waals surface area contributed by atoms with Crippen LogP contribution in [0, 0.1) is 19.7 Å². The van der Waals surface area contributed by atoms with Gasteiger partial charge in [-0.1, -0.05) is 6.07 Å². The minimum Gasteiger partial charge on any atom is -0.349 e. The highest BCUT2D eigenvalue weighted by Crippen LogP contribution is 2.16. The Bertz CT molecular complexity index is 582. The largest absolute Gasteiger partial charge is 0.349 e. The van der Waals surface area contributed by atoms with Gasteiger partial charge in [-0.2, -0.15) is 0 Å². The fraction of sp³-hybridized carbons (Fsp3) is 0.267. The van der Waals surface area contributed by atoms with E-state index in [1.807, 2.05) is 0 Å². The van der Waals surface area contributed by atoms with Crippen LogP contribution in [0.15, 0.2) is 35.3 Å². The number of aromatic nitrogens is 1. The van der Waals surface area contributed by atoms with E-state index >= 15 is 0 Å². The Morgan fingerprint density at radius 3 is 2.67 bits per heavy atom. The SMILES string of the molecule is CCn1c(C)cc(C=Nc2cccc(F)c2)c1C. The molecule has 0 aliphatic rings. The van der Waals surface area contributed by atoms with E-state index in [2.05, 4.69) is 36.4 Å². The Balaban J connectivity index is 2.29. The van der Waals surface area contributed by atoms with Crippen molar-refractivity contribution < 1.29 is 4.39 Å². The summed E-state index contributed by atoms with van der Waals surface area (Å²) in [6, 6.07) is 8.40. The molecule has 2 rings (SSSR count). The Morgan fingerprint density at radius 2 is 2.06 bits per heavy atom.